The zero-order chi connectivity index (χ0) is 13.8. The first-order valence-electron chi connectivity index (χ1n) is 7.94. The van der Waals surface area contributed by atoms with E-state index in [4.69, 9.17) is 4.74 Å². The fraction of sp³-hybridized carbons (Fsp3) is 0.647. The van der Waals surface area contributed by atoms with Gasteiger partial charge in [-0.1, -0.05) is 25.1 Å². The third kappa shape index (κ3) is 2.84. The van der Waals surface area contributed by atoms with Crippen LogP contribution in [-0.4, -0.2) is 39.4 Å². The molecule has 1 aromatic rings. The quantitative estimate of drug-likeness (QED) is 0.892. The molecule has 0 bridgehead atoms. The van der Waals surface area contributed by atoms with Crippen molar-refractivity contribution in [1.82, 2.24) is 5.32 Å². The molecule has 0 unspecified atom stereocenters. The number of benzene rings is 1. The molecule has 1 aromatic carbocycles. The Morgan fingerprint density at radius 3 is 2.85 bits per heavy atom. The van der Waals surface area contributed by atoms with Crippen LogP contribution in [-0.2, 0) is 11.2 Å². The van der Waals surface area contributed by atoms with Gasteiger partial charge in [0.1, 0.15) is 0 Å². The van der Waals surface area contributed by atoms with Gasteiger partial charge in [-0.2, -0.15) is 0 Å². The SMILES string of the molecule is CCNCC1(CN2CCc3ccccc32)CCOCC1. The Bertz CT molecular complexity index is 440. The monoisotopic (exact) mass is 274 g/mol. The minimum atomic E-state index is 0.381. The van der Waals surface area contributed by atoms with Crippen LogP contribution in [0.1, 0.15) is 25.3 Å². The molecule has 2 aliphatic rings. The van der Waals surface area contributed by atoms with Crippen LogP contribution in [0.15, 0.2) is 24.3 Å². The zero-order valence-corrected chi connectivity index (χ0v) is 12.5. The largest absolute Gasteiger partial charge is 0.381 e. The summed E-state index contributed by atoms with van der Waals surface area (Å²) in [6, 6.07) is 8.88. The second-order valence-electron chi connectivity index (χ2n) is 6.19. The standard InChI is InChI=1S/C17H26N2O/c1-2-18-13-17(8-11-20-12-9-17)14-19-10-7-15-5-3-4-6-16(15)19/h3-6,18H,2,7-14H2,1H3. The average molecular weight is 274 g/mol. The van der Waals surface area contributed by atoms with Crippen LogP contribution >= 0.6 is 0 Å². The molecule has 0 saturated carbocycles. The van der Waals surface area contributed by atoms with Gasteiger partial charge < -0.3 is 15.0 Å². The van der Waals surface area contributed by atoms with Crippen LogP contribution in [0.5, 0.6) is 0 Å². The summed E-state index contributed by atoms with van der Waals surface area (Å²) in [7, 11) is 0. The maximum absolute atomic E-state index is 5.59. The number of nitrogens with zero attached hydrogens (tertiary/aromatic N) is 1. The van der Waals surface area contributed by atoms with Crippen LogP contribution < -0.4 is 10.2 Å². The Morgan fingerprint density at radius 1 is 1.25 bits per heavy atom. The van der Waals surface area contributed by atoms with Crippen molar-refractivity contribution in [3.05, 3.63) is 29.8 Å². The van der Waals surface area contributed by atoms with Crippen LogP contribution in [0.2, 0.25) is 0 Å². The van der Waals surface area contributed by atoms with Gasteiger partial charge in [-0.15, -0.1) is 0 Å². The summed E-state index contributed by atoms with van der Waals surface area (Å²) in [5.74, 6) is 0. The first-order valence-corrected chi connectivity index (χ1v) is 7.94. The summed E-state index contributed by atoms with van der Waals surface area (Å²) in [6.07, 6.45) is 3.56. The van der Waals surface area contributed by atoms with Gasteiger partial charge in [0.2, 0.25) is 0 Å². The van der Waals surface area contributed by atoms with Crippen LogP contribution in [0.3, 0.4) is 0 Å². The molecule has 0 aromatic heterocycles. The molecule has 0 amide bonds. The summed E-state index contributed by atoms with van der Waals surface area (Å²) in [4.78, 5) is 2.60. The predicted molar refractivity (Wildman–Crippen MR) is 83.4 cm³/mol. The summed E-state index contributed by atoms with van der Waals surface area (Å²) >= 11 is 0. The van der Waals surface area contributed by atoms with E-state index in [0.717, 1.165) is 26.3 Å². The molecule has 1 fully saturated rings. The maximum Gasteiger partial charge on any atom is 0.0472 e. The van der Waals surface area contributed by atoms with Gasteiger partial charge in [-0.25, -0.2) is 0 Å². The fourth-order valence-electron chi connectivity index (χ4n) is 3.56. The molecule has 20 heavy (non-hydrogen) atoms. The molecule has 3 rings (SSSR count). The summed E-state index contributed by atoms with van der Waals surface area (Å²) < 4.78 is 5.59. The van der Waals surface area contributed by atoms with E-state index < -0.39 is 0 Å². The number of para-hydroxylation sites is 1. The average Bonchev–Trinajstić information content (AvgIpc) is 2.89. The van der Waals surface area contributed by atoms with Crippen molar-refractivity contribution in [2.75, 3.05) is 44.3 Å². The first kappa shape index (κ1) is 13.9. The molecular formula is C17H26N2O. The molecule has 0 atom stereocenters. The third-order valence-corrected chi connectivity index (χ3v) is 4.81. The Hall–Kier alpha value is -1.06. The normalized spacial score (nSPS) is 20.9. The molecule has 2 aliphatic heterocycles. The molecule has 1 N–H and O–H groups in total. The lowest BCUT2D eigenvalue weighted by Gasteiger charge is -2.41. The van der Waals surface area contributed by atoms with Gasteiger partial charge in [0.05, 0.1) is 0 Å². The highest BCUT2D eigenvalue weighted by Gasteiger charge is 2.35. The second kappa shape index (κ2) is 6.15. The van der Waals surface area contributed by atoms with Crippen LogP contribution in [0.25, 0.3) is 0 Å². The minimum Gasteiger partial charge on any atom is -0.381 e. The molecule has 0 spiro atoms. The second-order valence-corrected chi connectivity index (χ2v) is 6.19. The number of hydrogen-bond acceptors (Lipinski definition) is 3. The molecule has 1 saturated heterocycles. The molecule has 3 heteroatoms. The fourth-order valence-corrected chi connectivity index (χ4v) is 3.56. The van der Waals surface area contributed by atoms with Gasteiger partial charge in [-0.05, 0) is 37.4 Å². The van der Waals surface area contributed by atoms with E-state index in [9.17, 15) is 0 Å². The molecule has 0 radical (unpaired) electrons. The number of nitrogens with one attached hydrogen (secondary N) is 1. The first-order chi connectivity index (χ1) is 9.83. The van der Waals surface area contributed by atoms with Crippen molar-refractivity contribution in [2.45, 2.75) is 26.2 Å². The third-order valence-electron chi connectivity index (χ3n) is 4.81. The molecule has 110 valence electrons. The highest BCUT2D eigenvalue weighted by molar-refractivity contribution is 5.58. The number of hydrogen-bond donors (Lipinski definition) is 1. The number of fused-ring (bicyclic) bond motifs is 1. The van der Waals surface area contributed by atoms with Gasteiger partial charge in [0.25, 0.3) is 0 Å². The van der Waals surface area contributed by atoms with Gasteiger partial charge >= 0.3 is 0 Å². The van der Waals surface area contributed by atoms with E-state index in [1.807, 2.05) is 0 Å². The van der Waals surface area contributed by atoms with Crippen LogP contribution in [0.4, 0.5) is 5.69 Å². The van der Waals surface area contributed by atoms with E-state index in [2.05, 4.69) is 41.4 Å². The molecule has 2 heterocycles. The number of ether oxygens (including phenoxy) is 1. The van der Waals surface area contributed by atoms with Crippen molar-refractivity contribution in [2.24, 2.45) is 5.41 Å². The molecule has 0 aliphatic carbocycles. The Balaban J connectivity index is 1.73. The van der Waals surface area contributed by atoms with E-state index in [0.29, 0.717) is 5.41 Å². The van der Waals surface area contributed by atoms with Crippen molar-refractivity contribution in [3.8, 4) is 0 Å². The van der Waals surface area contributed by atoms with Gasteiger partial charge in [0, 0.05) is 44.0 Å². The minimum absolute atomic E-state index is 0.381. The van der Waals surface area contributed by atoms with E-state index in [-0.39, 0.29) is 0 Å². The maximum atomic E-state index is 5.59. The van der Waals surface area contributed by atoms with Crippen molar-refractivity contribution in [1.29, 1.82) is 0 Å². The van der Waals surface area contributed by atoms with Gasteiger partial charge in [-0.3, -0.25) is 0 Å². The smallest absolute Gasteiger partial charge is 0.0472 e. The van der Waals surface area contributed by atoms with Crippen molar-refractivity contribution >= 4 is 5.69 Å². The molecule has 3 nitrogen and oxygen atoms in total. The molecular weight excluding hydrogens is 248 g/mol. The zero-order valence-electron chi connectivity index (χ0n) is 12.5. The lowest BCUT2D eigenvalue weighted by atomic mass is 9.79. The van der Waals surface area contributed by atoms with Crippen LogP contribution in [0, 0.1) is 5.41 Å². The Kier molecular flexibility index (Phi) is 4.27. The topological polar surface area (TPSA) is 24.5 Å². The highest BCUT2D eigenvalue weighted by Crippen LogP contribution is 2.35. The Labute approximate surface area is 122 Å². The highest BCUT2D eigenvalue weighted by atomic mass is 16.5. The van der Waals surface area contributed by atoms with E-state index in [1.54, 1.807) is 0 Å². The van der Waals surface area contributed by atoms with E-state index in [1.165, 1.54) is 43.6 Å². The van der Waals surface area contributed by atoms with Crippen molar-refractivity contribution in [3.63, 3.8) is 0 Å². The van der Waals surface area contributed by atoms with E-state index >= 15 is 0 Å². The summed E-state index contributed by atoms with van der Waals surface area (Å²) in [5.41, 5.74) is 3.35. The lowest BCUT2D eigenvalue weighted by molar-refractivity contribution is 0.0187. The van der Waals surface area contributed by atoms with Gasteiger partial charge in [0.15, 0.2) is 0 Å². The summed E-state index contributed by atoms with van der Waals surface area (Å²) in [6.45, 7) is 8.54. The summed E-state index contributed by atoms with van der Waals surface area (Å²) in [5, 5.41) is 3.57. The number of anilines is 1. The van der Waals surface area contributed by atoms with Crippen molar-refractivity contribution < 1.29 is 4.74 Å². The number of rotatable bonds is 5. The Morgan fingerprint density at radius 2 is 2.05 bits per heavy atom. The lowest BCUT2D eigenvalue weighted by Crippen LogP contribution is -2.47. The predicted octanol–water partition coefficient (Wildman–Crippen LogP) is 2.46.